The summed E-state index contributed by atoms with van der Waals surface area (Å²) in [5.74, 6) is 0.297. The van der Waals surface area contributed by atoms with Crippen molar-refractivity contribution in [1.82, 2.24) is 4.90 Å². The Morgan fingerprint density at radius 3 is 2.38 bits per heavy atom. The van der Waals surface area contributed by atoms with Crippen molar-refractivity contribution in [3.8, 4) is 17.2 Å². The highest BCUT2D eigenvalue weighted by Crippen LogP contribution is 2.41. The van der Waals surface area contributed by atoms with E-state index >= 15 is 0 Å². The van der Waals surface area contributed by atoms with Crippen LogP contribution in [0, 0.1) is 5.82 Å². The van der Waals surface area contributed by atoms with Crippen LogP contribution in [0.4, 0.5) is 4.39 Å². The Bertz CT molecular complexity index is 872. The molecular weight excluding hydrogens is 377 g/mol. The van der Waals surface area contributed by atoms with Gasteiger partial charge in [0.05, 0.1) is 27.4 Å². The van der Waals surface area contributed by atoms with Crippen LogP contribution < -0.4 is 14.2 Å². The zero-order valence-electron chi connectivity index (χ0n) is 16.9. The largest absolute Gasteiger partial charge is 0.496 e. The number of benzene rings is 2. The minimum Gasteiger partial charge on any atom is -0.496 e. The molecule has 2 aromatic rings. The number of nitrogens with zero attached hydrogens (tertiary/aromatic N) is 1. The van der Waals surface area contributed by atoms with E-state index in [-0.39, 0.29) is 0 Å². The molecule has 1 saturated heterocycles. The smallest absolute Gasteiger partial charge is 0.320 e. The van der Waals surface area contributed by atoms with Crippen LogP contribution in [0.25, 0.3) is 0 Å². The molecule has 0 spiro atoms. The van der Waals surface area contributed by atoms with Gasteiger partial charge in [-0.1, -0.05) is 12.5 Å². The van der Waals surface area contributed by atoms with Crippen LogP contribution in [0.3, 0.4) is 0 Å². The highest BCUT2D eigenvalue weighted by atomic mass is 19.1. The van der Waals surface area contributed by atoms with Gasteiger partial charge in [-0.3, -0.25) is 9.69 Å². The van der Waals surface area contributed by atoms with Crippen LogP contribution in [0.1, 0.15) is 36.4 Å². The lowest BCUT2D eigenvalue weighted by molar-refractivity contribution is -0.145. The quantitative estimate of drug-likeness (QED) is 0.757. The number of carboxylic acid groups (broad SMARTS) is 1. The number of carboxylic acids is 1. The molecule has 1 N–H and O–H groups in total. The van der Waals surface area contributed by atoms with Crippen molar-refractivity contribution in [2.45, 2.75) is 31.3 Å². The molecule has 1 heterocycles. The van der Waals surface area contributed by atoms with Crippen LogP contribution in [0.2, 0.25) is 0 Å². The van der Waals surface area contributed by atoms with E-state index in [1.165, 1.54) is 19.2 Å². The number of methoxy groups -OCH3 is 3. The summed E-state index contributed by atoms with van der Waals surface area (Å²) in [4.78, 5) is 13.9. The Morgan fingerprint density at radius 1 is 1.03 bits per heavy atom. The normalized spacial score (nSPS) is 18.1. The molecule has 0 bridgehead atoms. The molecule has 0 radical (unpaired) electrons. The van der Waals surface area contributed by atoms with Crippen LogP contribution in [0.5, 0.6) is 17.2 Å². The van der Waals surface area contributed by atoms with E-state index in [1.807, 2.05) is 11.0 Å². The maximum Gasteiger partial charge on any atom is 0.320 e. The molecule has 2 atom stereocenters. The lowest BCUT2D eigenvalue weighted by atomic mass is 9.91. The van der Waals surface area contributed by atoms with E-state index in [4.69, 9.17) is 14.2 Å². The maximum absolute atomic E-state index is 14.2. The van der Waals surface area contributed by atoms with Crippen molar-refractivity contribution in [1.29, 1.82) is 0 Å². The second-order valence-corrected chi connectivity index (χ2v) is 6.99. The lowest BCUT2D eigenvalue weighted by Crippen LogP contribution is -2.47. The number of likely N-dealkylation sites (tertiary alicyclic amines) is 1. The molecule has 0 aliphatic carbocycles. The topological polar surface area (TPSA) is 68.2 Å². The predicted molar refractivity (Wildman–Crippen MR) is 106 cm³/mol. The molecule has 156 valence electrons. The van der Waals surface area contributed by atoms with E-state index in [1.54, 1.807) is 32.4 Å². The lowest BCUT2D eigenvalue weighted by Gasteiger charge is -2.40. The van der Waals surface area contributed by atoms with Gasteiger partial charge in [0.1, 0.15) is 17.6 Å². The molecule has 1 fully saturated rings. The van der Waals surface area contributed by atoms with Crippen molar-refractivity contribution >= 4 is 5.97 Å². The third-order valence-electron chi connectivity index (χ3n) is 5.37. The molecule has 1 aliphatic heterocycles. The Kier molecular flexibility index (Phi) is 6.59. The summed E-state index contributed by atoms with van der Waals surface area (Å²) in [6.45, 7) is 0.579. The Labute approximate surface area is 169 Å². The van der Waals surface area contributed by atoms with Crippen molar-refractivity contribution < 1.29 is 28.5 Å². The van der Waals surface area contributed by atoms with E-state index in [9.17, 15) is 14.3 Å². The average Bonchev–Trinajstić information content (AvgIpc) is 2.74. The second kappa shape index (κ2) is 9.13. The molecule has 0 saturated carbocycles. The van der Waals surface area contributed by atoms with Crippen molar-refractivity contribution in [3.05, 3.63) is 53.3 Å². The zero-order valence-corrected chi connectivity index (χ0v) is 16.9. The number of aliphatic carboxylic acids is 1. The van der Waals surface area contributed by atoms with Gasteiger partial charge in [-0.25, -0.2) is 4.39 Å². The Morgan fingerprint density at radius 2 is 1.72 bits per heavy atom. The molecule has 0 amide bonds. The van der Waals surface area contributed by atoms with Gasteiger partial charge in [-0.2, -0.15) is 0 Å². The summed E-state index contributed by atoms with van der Waals surface area (Å²) in [6.07, 6.45) is 2.24. The molecular formula is C22H26FNO5. The first-order valence-corrected chi connectivity index (χ1v) is 9.54. The number of piperidine rings is 1. The number of carbonyl (C=O) groups is 1. The first-order valence-electron chi connectivity index (χ1n) is 9.54. The number of ether oxygens (including phenoxy) is 3. The number of halogens is 1. The number of rotatable bonds is 7. The molecule has 7 heteroatoms. The van der Waals surface area contributed by atoms with Gasteiger partial charge in [0.25, 0.3) is 0 Å². The van der Waals surface area contributed by atoms with Crippen LogP contribution >= 0.6 is 0 Å². The minimum absolute atomic E-state index is 0.407. The van der Waals surface area contributed by atoms with Crippen molar-refractivity contribution in [2.24, 2.45) is 0 Å². The van der Waals surface area contributed by atoms with E-state index in [0.29, 0.717) is 35.8 Å². The van der Waals surface area contributed by atoms with Crippen LogP contribution in [0.15, 0.2) is 36.4 Å². The van der Waals surface area contributed by atoms with Crippen molar-refractivity contribution in [3.63, 3.8) is 0 Å². The summed E-state index contributed by atoms with van der Waals surface area (Å²) in [5.41, 5.74) is 1.35. The van der Waals surface area contributed by atoms with Gasteiger partial charge in [0.15, 0.2) is 11.5 Å². The fraction of sp³-hybridized carbons (Fsp3) is 0.409. The highest BCUT2D eigenvalue weighted by molar-refractivity contribution is 5.74. The summed E-state index contributed by atoms with van der Waals surface area (Å²) in [6, 6.07) is 8.56. The molecule has 0 aromatic heterocycles. The zero-order chi connectivity index (χ0) is 21.0. The van der Waals surface area contributed by atoms with Gasteiger partial charge in [-0.05, 0) is 55.3 Å². The van der Waals surface area contributed by atoms with Gasteiger partial charge < -0.3 is 19.3 Å². The molecule has 2 unspecified atom stereocenters. The van der Waals surface area contributed by atoms with Gasteiger partial charge in [-0.15, -0.1) is 0 Å². The summed E-state index contributed by atoms with van der Waals surface area (Å²) in [7, 11) is 4.61. The van der Waals surface area contributed by atoms with Gasteiger partial charge >= 0.3 is 5.97 Å². The molecule has 6 nitrogen and oxygen atoms in total. The van der Waals surface area contributed by atoms with Gasteiger partial charge in [0, 0.05) is 5.56 Å². The Hall–Kier alpha value is -2.80. The van der Waals surface area contributed by atoms with E-state index in [2.05, 4.69) is 0 Å². The number of hydrogen-bond acceptors (Lipinski definition) is 5. The van der Waals surface area contributed by atoms with Crippen LogP contribution in [-0.2, 0) is 4.79 Å². The van der Waals surface area contributed by atoms with E-state index < -0.39 is 23.9 Å². The fourth-order valence-electron chi connectivity index (χ4n) is 4.02. The summed E-state index contributed by atoms with van der Waals surface area (Å²) in [5, 5.41) is 9.82. The predicted octanol–water partition coefficient (Wildman–Crippen LogP) is 3.88. The van der Waals surface area contributed by atoms with E-state index in [0.717, 1.165) is 18.4 Å². The average molecular weight is 403 g/mol. The summed E-state index contributed by atoms with van der Waals surface area (Å²) < 4.78 is 30.5. The van der Waals surface area contributed by atoms with Crippen LogP contribution in [-0.4, -0.2) is 49.9 Å². The summed E-state index contributed by atoms with van der Waals surface area (Å²) >= 11 is 0. The van der Waals surface area contributed by atoms with Crippen molar-refractivity contribution in [2.75, 3.05) is 27.9 Å². The second-order valence-electron chi connectivity index (χ2n) is 6.99. The Balaban J connectivity index is 2.19. The monoisotopic (exact) mass is 403 g/mol. The SMILES string of the molecule is COc1ccc(C(c2cc(F)ccc2OC)N2CCCCC2C(=O)O)cc1OC. The first-order chi connectivity index (χ1) is 14.0. The third-order valence-corrected chi connectivity index (χ3v) is 5.37. The molecule has 29 heavy (non-hydrogen) atoms. The molecule has 3 rings (SSSR count). The van der Waals surface area contributed by atoms with Gasteiger partial charge in [0.2, 0.25) is 0 Å². The maximum atomic E-state index is 14.2. The molecule has 1 aliphatic rings. The molecule has 2 aromatic carbocycles. The minimum atomic E-state index is -0.884. The number of hydrogen-bond donors (Lipinski definition) is 1. The first kappa shape index (κ1) is 20.9. The fourth-order valence-corrected chi connectivity index (χ4v) is 4.02. The third kappa shape index (κ3) is 4.29. The standard InChI is InChI=1S/C22H26FNO5/c1-27-18-10-8-15(23)13-16(18)21(24-11-5-4-6-17(24)22(25)26)14-7-9-19(28-2)20(12-14)29-3/h7-10,12-13,17,21H,4-6,11H2,1-3H3,(H,25,26). The highest BCUT2D eigenvalue weighted by Gasteiger charge is 2.36.